The van der Waals surface area contributed by atoms with Gasteiger partial charge in [-0.1, -0.05) is 25.1 Å². The second kappa shape index (κ2) is 8.58. The molecule has 134 valence electrons. The van der Waals surface area contributed by atoms with Gasteiger partial charge in [0.1, 0.15) is 5.82 Å². The van der Waals surface area contributed by atoms with E-state index in [9.17, 15) is 9.18 Å². The Bertz CT molecular complexity index is 540. The third kappa shape index (κ3) is 4.54. The minimum atomic E-state index is -0.233. The molecule has 3 atom stereocenters. The van der Waals surface area contributed by atoms with E-state index < -0.39 is 0 Å². The molecule has 0 bridgehead atoms. The van der Waals surface area contributed by atoms with E-state index in [4.69, 9.17) is 4.74 Å². The molecule has 3 unspecified atom stereocenters. The van der Waals surface area contributed by atoms with Crippen LogP contribution in [0.3, 0.4) is 0 Å². The Morgan fingerprint density at radius 3 is 2.50 bits per heavy atom. The molecular formula is C19H29FN2O2. The van der Waals surface area contributed by atoms with E-state index >= 15 is 0 Å². The molecule has 1 aromatic carbocycles. The highest BCUT2D eigenvalue weighted by Gasteiger charge is 2.33. The first kappa shape index (κ1) is 18.9. The number of piperazine rings is 1. The lowest BCUT2D eigenvalue weighted by atomic mass is 9.98. The van der Waals surface area contributed by atoms with Crippen LogP contribution in [-0.2, 0) is 16.0 Å². The SMILES string of the molecule is COCCN1C(C)CN(C(=O)C(C)Cc2ccccc2F)CC1C. The van der Waals surface area contributed by atoms with E-state index in [2.05, 4.69) is 18.7 Å². The van der Waals surface area contributed by atoms with E-state index in [1.165, 1.54) is 6.07 Å². The first-order chi connectivity index (χ1) is 11.4. The van der Waals surface area contributed by atoms with Crippen LogP contribution in [0.4, 0.5) is 4.39 Å². The third-order valence-electron chi connectivity index (χ3n) is 4.87. The lowest BCUT2D eigenvalue weighted by Gasteiger charge is -2.45. The minimum absolute atomic E-state index is 0.114. The summed E-state index contributed by atoms with van der Waals surface area (Å²) in [6, 6.07) is 7.29. The molecule has 1 aliphatic rings. The molecule has 1 fully saturated rings. The van der Waals surface area contributed by atoms with Gasteiger partial charge in [-0.15, -0.1) is 0 Å². The topological polar surface area (TPSA) is 32.8 Å². The maximum atomic E-state index is 13.8. The molecule has 5 heteroatoms. The largest absolute Gasteiger partial charge is 0.383 e. The smallest absolute Gasteiger partial charge is 0.225 e. The number of benzene rings is 1. The van der Waals surface area contributed by atoms with Crippen molar-refractivity contribution in [3.8, 4) is 0 Å². The predicted molar refractivity (Wildman–Crippen MR) is 93.4 cm³/mol. The average Bonchev–Trinajstić information content (AvgIpc) is 2.55. The molecule has 2 rings (SSSR count). The van der Waals surface area contributed by atoms with Crippen molar-refractivity contribution in [1.82, 2.24) is 9.80 Å². The van der Waals surface area contributed by atoms with Crippen LogP contribution < -0.4 is 0 Å². The summed E-state index contributed by atoms with van der Waals surface area (Å²) in [6.07, 6.45) is 0.443. The van der Waals surface area contributed by atoms with Gasteiger partial charge in [0.05, 0.1) is 6.61 Å². The van der Waals surface area contributed by atoms with Gasteiger partial charge in [-0.05, 0) is 31.9 Å². The normalized spacial score (nSPS) is 23.3. The van der Waals surface area contributed by atoms with E-state index in [0.717, 1.165) is 6.54 Å². The van der Waals surface area contributed by atoms with E-state index in [0.29, 0.717) is 43.8 Å². The van der Waals surface area contributed by atoms with Crippen LogP contribution in [0.1, 0.15) is 26.3 Å². The highest BCUT2D eigenvalue weighted by molar-refractivity contribution is 5.79. The summed E-state index contributed by atoms with van der Waals surface area (Å²) in [5.41, 5.74) is 0.609. The molecule has 1 amide bonds. The van der Waals surface area contributed by atoms with Gasteiger partial charge in [0.2, 0.25) is 5.91 Å². The van der Waals surface area contributed by atoms with Gasteiger partial charge in [-0.3, -0.25) is 9.69 Å². The van der Waals surface area contributed by atoms with Gasteiger partial charge in [-0.25, -0.2) is 4.39 Å². The Balaban J connectivity index is 1.96. The van der Waals surface area contributed by atoms with Gasteiger partial charge in [0.15, 0.2) is 0 Å². The van der Waals surface area contributed by atoms with E-state index in [1.54, 1.807) is 19.2 Å². The molecule has 0 aliphatic carbocycles. The van der Waals surface area contributed by atoms with E-state index in [1.807, 2.05) is 17.9 Å². The summed E-state index contributed by atoms with van der Waals surface area (Å²) >= 11 is 0. The first-order valence-electron chi connectivity index (χ1n) is 8.71. The van der Waals surface area contributed by atoms with Crippen LogP contribution in [0.15, 0.2) is 24.3 Å². The molecule has 1 saturated heterocycles. The number of methoxy groups -OCH3 is 1. The highest BCUT2D eigenvalue weighted by atomic mass is 19.1. The predicted octanol–water partition coefficient (Wildman–Crippen LogP) is 2.57. The van der Waals surface area contributed by atoms with Crippen molar-refractivity contribution in [3.63, 3.8) is 0 Å². The zero-order valence-corrected chi connectivity index (χ0v) is 15.2. The zero-order chi connectivity index (χ0) is 17.7. The number of nitrogens with zero attached hydrogens (tertiary/aromatic N) is 2. The summed E-state index contributed by atoms with van der Waals surface area (Å²) in [6.45, 7) is 9.20. The van der Waals surface area contributed by atoms with Crippen LogP contribution >= 0.6 is 0 Å². The van der Waals surface area contributed by atoms with Crippen molar-refractivity contribution in [2.24, 2.45) is 5.92 Å². The standard InChI is InChI=1S/C19H29FN2O2/c1-14(11-17-7-5-6-8-18(17)20)19(23)21-12-15(2)22(9-10-24-4)16(3)13-21/h5-8,14-16H,9-13H2,1-4H3. The van der Waals surface area contributed by atoms with Gasteiger partial charge < -0.3 is 9.64 Å². The van der Waals surface area contributed by atoms with Crippen molar-refractivity contribution in [1.29, 1.82) is 0 Å². The number of amides is 1. The van der Waals surface area contributed by atoms with Crippen molar-refractivity contribution in [3.05, 3.63) is 35.6 Å². The van der Waals surface area contributed by atoms with Crippen molar-refractivity contribution in [2.45, 2.75) is 39.3 Å². The number of carbonyl (C=O) groups excluding carboxylic acids is 1. The number of carbonyl (C=O) groups is 1. The molecule has 0 aromatic heterocycles. The first-order valence-corrected chi connectivity index (χ1v) is 8.71. The molecular weight excluding hydrogens is 307 g/mol. The van der Waals surface area contributed by atoms with Gasteiger partial charge >= 0.3 is 0 Å². The Morgan fingerprint density at radius 2 is 1.92 bits per heavy atom. The number of hydrogen-bond donors (Lipinski definition) is 0. The monoisotopic (exact) mass is 336 g/mol. The summed E-state index contributed by atoms with van der Waals surface area (Å²) in [7, 11) is 1.71. The second-order valence-corrected chi connectivity index (χ2v) is 6.87. The molecule has 1 aromatic rings. The molecule has 0 radical (unpaired) electrons. The van der Waals surface area contributed by atoms with Crippen LogP contribution in [0.5, 0.6) is 0 Å². The van der Waals surface area contributed by atoms with Crippen molar-refractivity contribution in [2.75, 3.05) is 33.4 Å². The lowest BCUT2D eigenvalue weighted by Crippen LogP contribution is -2.59. The summed E-state index contributed by atoms with van der Waals surface area (Å²) in [5.74, 6) is -0.335. The fraction of sp³-hybridized carbons (Fsp3) is 0.632. The van der Waals surface area contributed by atoms with Crippen LogP contribution in [0.25, 0.3) is 0 Å². The maximum absolute atomic E-state index is 13.8. The summed E-state index contributed by atoms with van der Waals surface area (Å²) in [4.78, 5) is 17.1. The van der Waals surface area contributed by atoms with Gasteiger partial charge in [0.25, 0.3) is 0 Å². The van der Waals surface area contributed by atoms with Gasteiger partial charge in [0, 0.05) is 44.7 Å². The lowest BCUT2D eigenvalue weighted by molar-refractivity contribution is -0.139. The maximum Gasteiger partial charge on any atom is 0.225 e. The summed E-state index contributed by atoms with van der Waals surface area (Å²) < 4.78 is 19.0. The number of hydrogen-bond acceptors (Lipinski definition) is 3. The van der Waals surface area contributed by atoms with Gasteiger partial charge in [-0.2, -0.15) is 0 Å². The van der Waals surface area contributed by atoms with Crippen LogP contribution in [0.2, 0.25) is 0 Å². The molecule has 0 spiro atoms. The molecule has 24 heavy (non-hydrogen) atoms. The Labute approximate surface area is 144 Å². The summed E-state index contributed by atoms with van der Waals surface area (Å²) in [5, 5.41) is 0. The fourth-order valence-electron chi connectivity index (χ4n) is 3.57. The molecule has 1 aliphatic heterocycles. The molecule has 1 heterocycles. The fourth-order valence-corrected chi connectivity index (χ4v) is 3.57. The number of rotatable bonds is 6. The second-order valence-electron chi connectivity index (χ2n) is 6.87. The van der Waals surface area contributed by atoms with Crippen LogP contribution in [-0.4, -0.2) is 61.1 Å². The zero-order valence-electron chi connectivity index (χ0n) is 15.2. The van der Waals surface area contributed by atoms with Crippen molar-refractivity contribution >= 4 is 5.91 Å². The molecule has 4 nitrogen and oxygen atoms in total. The van der Waals surface area contributed by atoms with Crippen LogP contribution in [0, 0.1) is 11.7 Å². The third-order valence-corrected chi connectivity index (χ3v) is 4.87. The number of ether oxygens (including phenoxy) is 1. The van der Waals surface area contributed by atoms with Crippen molar-refractivity contribution < 1.29 is 13.9 Å². The quantitative estimate of drug-likeness (QED) is 0.800. The molecule has 0 N–H and O–H groups in total. The highest BCUT2D eigenvalue weighted by Crippen LogP contribution is 2.20. The molecule has 0 saturated carbocycles. The Morgan fingerprint density at radius 1 is 1.29 bits per heavy atom. The Hall–Kier alpha value is -1.46. The van der Waals surface area contributed by atoms with E-state index in [-0.39, 0.29) is 17.6 Å². The minimum Gasteiger partial charge on any atom is -0.383 e. The number of halogens is 1. The average molecular weight is 336 g/mol. The Kier molecular flexibility index (Phi) is 6.75.